The highest BCUT2D eigenvalue weighted by molar-refractivity contribution is 5.94. The molecule has 4 amide bonds. The first-order valence-corrected chi connectivity index (χ1v) is 19.4. The van der Waals surface area contributed by atoms with E-state index in [4.69, 9.17) is 0 Å². The lowest BCUT2D eigenvalue weighted by molar-refractivity contribution is -0.142. The molecule has 286 valence electrons. The molecule has 1 saturated heterocycles. The summed E-state index contributed by atoms with van der Waals surface area (Å²) in [5, 5.41) is 27.0. The van der Waals surface area contributed by atoms with Gasteiger partial charge in [-0.3, -0.25) is 19.2 Å². The van der Waals surface area contributed by atoms with E-state index in [0.29, 0.717) is 31.4 Å². The minimum absolute atomic E-state index is 0.00587. The Kier molecular flexibility index (Phi) is 19.3. The second kappa shape index (κ2) is 23.9. The number of carbonyl (C=O) groups excluding carboxylic acids is 4. The standard InChI is InChI=1S/C41H60N4O7/c1-2-3-4-5-6-7-8-9-10-11-12-13-17-22-37(47)43-34(28-31-19-15-14-16-20-31)40(50)45-27-18-21-36(45)39(49)42-30-38(48)44-35(41(51)52)29-32-23-25-33(46)26-24-32/h14-16,19-20,23-26,34-36,46H,2-13,17-18,21-22,27-30H2,1H3,(H,42,49)(H,43,47)(H,44,48)(H,51,52)/t34-,35-,36-/m0/s1. The smallest absolute Gasteiger partial charge is 0.326 e. The summed E-state index contributed by atoms with van der Waals surface area (Å²) in [6, 6.07) is 12.5. The highest BCUT2D eigenvalue weighted by Crippen LogP contribution is 2.20. The van der Waals surface area contributed by atoms with Gasteiger partial charge in [-0.15, -0.1) is 0 Å². The molecule has 1 aliphatic heterocycles. The van der Waals surface area contributed by atoms with Crippen molar-refractivity contribution in [1.82, 2.24) is 20.9 Å². The zero-order valence-corrected chi connectivity index (χ0v) is 31.0. The average molecular weight is 721 g/mol. The highest BCUT2D eigenvalue weighted by Gasteiger charge is 2.38. The van der Waals surface area contributed by atoms with Gasteiger partial charge in [0, 0.05) is 25.8 Å². The molecule has 3 rings (SSSR count). The van der Waals surface area contributed by atoms with Crippen molar-refractivity contribution in [2.24, 2.45) is 0 Å². The van der Waals surface area contributed by atoms with E-state index in [2.05, 4.69) is 22.9 Å². The van der Waals surface area contributed by atoms with Crippen LogP contribution in [0.2, 0.25) is 0 Å². The van der Waals surface area contributed by atoms with Crippen LogP contribution in [0.1, 0.15) is 121 Å². The number of benzene rings is 2. The highest BCUT2D eigenvalue weighted by atomic mass is 16.4. The molecule has 52 heavy (non-hydrogen) atoms. The van der Waals surface area contributed by atoms with Gasteiger partial charge in [-0.1, -0.05) is 126 Å². The Balaban J connectivity index is 1.46. The maximum atomic E-state index is 13.9. The van der Waals surface area contributed by atoms with Gasteiger partial charge in [-0.2, -0.15) is 0 Å². The molecule has 0 saturated carbocycles. The molecule has 0 aliphatic carbocycles. The second-order valence-corrected chi connectivity index (χ2v) is 14.0. The number of rotatable bonds is 25. The Hall–Kier alpha value is -4.41. The van der Waals surface area contributed by atoms with Crippen LogP contribution in [-0.4, -0.2) is 75.9 Å². The van der Waals surface area contributed by atoms with Gasteiger partial charge in [-0.05, 0) is 42.5 Å². The Morgan fingerprint density at radius 2 is 1.25 bits per heavy atom. The van der Waals surface area contributed by atoms with Crippen molar-refractivity contribution in [3.8, 4) is 5.75 Å². The van der Waals surface area contributed by atoms with Crippen molar-refractivity contribution in [2.75, 3.05) is 13.1 Å². The first-order valence-electron chi connectivity index (χ1n) is 19.4. The minimum Gasteiger partial charge on any atom is -0.508 e. The number of carbonyl (C=O) groups is 5. The molecule has 0 unspecified atom stereocenters. The van der Waals surface area contributed by atoms with Crippen molar-refractivity contribution in [3.63, 3.8) is 0 Å². The minimum atomic E-state index is -1.24. The van der Waals surface area contributed by atoms with Crippen molar-refractivity contribution < 1.29 is 34.2 Å². The van der Waals surface area contributed by atoms with Crippen LogP contribution in [0.5, 0.6) is 5.75 Å². The molecule has 0 bridgehead atoms. The lowest BCUT2D eigenvalue weighted by atomic mass is 10.0. The quantitative estimate of drug-likeness (QED) is 0.0807. The number of amides is 4. The summed E-state index contributed by atoms with van der Waals surface area (Å²) < 4.78 is 0. The van der Waals surface area contributed by atoms with Gasteiger partial charge in [0.25, 0.3) is 0 Å². The van der Waals surface area contributed by atoms with Crippen molar-refractivity contribution >= 4 is 29.6 Å². The second-order valence-electron chi connectivity index (χ2n) is 14.0. The maximum Gasteiger partial charge on any atom is 0.326 e. The average Bonchev–Trinajstić information content (AvgIpc) is 3.63. The zero-order chi connectivity index (χ0) is 37.6. The van der Waals surface area contributed by atoms with E-state index in [-0.39, 0.29) is 30.4 Å². The van der Waals surface area contributed by atoms with Gasteiger partial charge in [0.1, 0.15) is 23.9 Å². The van der Waals surface area contributed by atoms with Crippen molar-refractivity contribution in [3.05, 3.63) is 65.7 Å². The number of unbranched alkanes of at least 4 members (excludes halogenated alkanes) is 12. The van der Waals surface area contributed by atoms with Crippen molar-refractivity contribution in [1.29, 1.82) is 0 Å². The third kappa shape index (κ3) is 15.9. The molecule has 5 N–H and O–H groups in total. The number of nitrogens with one attached hydrogen (secondary N) is 3. The summed E-state index contributed by atoms with van der Waals surface area (Å²) in [6.45, 7) is 2.13. The van der Waals surface area contributed by atoms with E-state index in [1.54, 1.807) is 12.1 Å². The van der Waals surface area contributed by atoms with Crippen LogP contribution >= 0.6 is 0 Å². The summed E-state index contributed by atoms with van der Waals surface area (Å²) >= 11 is 0. The van der Waals surface area contributed by atoms with Gasteiger partial charge in [0.2, 0.25) is 23.6 Å². The fourth-order valence-corrected chi connectivity index (χ4v) is 6.72. The van der Waals surface area contributed by atoms with E-state index in [1.807, 2.05) is 30.3 Å². The number of carboxylic acids is 1. The number of likely N-dealkylation sites (tertiary alicyclic amines) is 1. The molecule has 2 aromatic rings. The largest absolute Gasteiger partial charge is 0.508 e. The molecular formula is C41H60N4O7. The monoisotopic (exact) mass is 720 g/mol. The third-order valence-corrected chi connectivity index (χ3v) is 9.69. The number of aromatic hydroxyl groups is 1. The van der Waals surface area contributed by atoms with Crippen LogP contribution < -0.4 is 16.0 Å². The SMILES string of the molecule is CCCCCCCCCCCCCCCC(=O)N[C@@H](Cc1ccccc1)C(=O)N1CCC[C@H]1C(=O)NCC(=O)N[C@@H](Cc1ccc(O)cc1)C(=O)O. The Morgan fingerprint density at radius 3 is 1.85 bits per heavy atom. The molecule has 3 atom stereocenters. The first kappa shape index (κ1) is 42.0. The van der Waals surface area contributed by atoms with Crippen LogP contribution in [0, 0.1) is 0 Å². The Morgan fingerprint density at radius 1 is 0.712 bits per heavy atom. The van der Waals surface area contributed by atoms with Gasteiger partial charge < -0.3 is 31.1 Å². The maximum absolute atomic E-state index is 13.9. The zero-order valence-electron chi connectivity index (χ0n) is 31.0. The summed E-state index contributed by atoms with van der Waals surface area (Å²) in [5.41, 5.74) is 1.50. The lowest BCUT2D eigenvalue weighted by Crippen LogP contribution is -2.55. The molecule has 2 aromatic carbocycles. The van der Waals surface area contributed by atoms with Gasteiger partial charge >= 0.3 is 5.97 Å². The molecular weight excluding hydrogens is 660 g/mol. The predicted octanol–water partition coefficient (Wildman–Crippen LogP) is 5.82. The summed E-state index contributed by atoms with van der Waals surface area (Å²) in [6.07, 6.45) is 17.4. The molecule has 0 aromatic heterocycles. The van der Waals surface area contributed by atoms with Crippen molar-refractivity contribution in [2.45, 2.75) is 141 Å². The molecule has 11 nitrogen and oxygen atoms in total. The van der Waals surface area contributed by atoms with E-state index < -0.39 is 42.5 Å². The lowest BCUT2D eigenvalue weighted by Gasteiger charge is -2.29. The number of hydrogen-bond donors (Lipinski definition) is 5. The number of nitrogens with zero attached hydrogens (tertiary/aromatic N) is 1. The number of phenols is 1. The summed E-state index contributed by atoms with van der Waals surface area (Å²) in [5.74, 6) is -2.92. The molecule has 1 fully saturated rings. The van der Waals surface area contributed by atoms with Crippen LogP contribution in [0.3, 0.4) is 0 Å². The number of aliphatic carboxylic acids is 1. The summed E-state index contributed by atoms with van der Waals surface area (Å²) in [7, 11) is 0. The number of phenolic OH excluding ortho intramolecular Hbond substituents is 1. The molecule has 0 spiro atoms. The number of hydrogen-bond acceptors (Lipinski definition) is 6. The predicted molar refractivity (Wildman–Crippen MR) is 202 cm³/mol. The Labute approximate surface area is 309 Å². The first-order chi connectivity index (χ1) is 25.2. The fraction of sp³-hybridized carbons (Fsp3) is 0.585. The van der Waals surface area contributed by atoms with Gasteiger partial charge in [0.15, 0.2) is 0 Å². The fourth-order valence-electron chi connectivity index (χ4n) is 6.72. The van der Waals surface area contributed by atoms with Crippen LogP contribution in [-0.2, 0) is 36.8 Å². The van der Waals surface area contributed by atoms with Gasteiger partial charge in [-0.25, -0.2) is 4.79 Å². The van der Waals surface area contributed by atoms with Crippen LogP contribution in [0.15, 0.2) is 54.6 Å². The molecule has 1 aliphatic rings. The molecule has 11 heteroatoms. The Bertz CT molecular complexity index is 1390. The third-order valence-electron chi connectivity index (χ3n) is 9.69. The van der Waals surface area contributed by atoms with Gasteiger partial charge in [0.05, 0.1) is 6.54 Å². The molecule has 0 radical (unpaired) electrons. The normalized spacial score (nSPS) is 15.1. The number of carboxylic acid groups (broad SMARTS) is 1. The van der Waals surface area contributed by atoms with Crippen LogP contribution in [0.25, 0.3) is 0 Å². The van der Waals surface area contributed by atoms with E-state index in [9.17, 15) is 34.2 Å². The molecule has 1 heterocycles. The van der Waals surface area contributed by atoms with E-state index >= 15 is 0 Å². The van der Waals surface area contributed by atoms with Crippen LogP contribution in [0.4, 0.5) is 0 Å². The van der Waals surface area contributed by atoms with E-state index in [1.165, 1.54) is 81.2 Å². The topological polar surface area (TPSA) is 165 Å². The van der Waals surface area contributed by atoms with E-state index in [0.717, 1.165) is 24.8 Å². The summed E-state index contributed by atoms with van der Waals surface area (Å²) in [4.78, 5) is 66.1.